The first-order valence-electron chi connectivity index (χ1n) is 11.3. The number of hydrogen-bond donors (Lipinski definition) is 3. The Morgan fingerprint density at radius 3 is 1.64 bits per heavy atom. The van der Waals surface area contributed by atoms with E-state index in [1.54, 1.807) is 0 Å². The Morgan fingerprint density at radius 1 is 0.786 bits per heavy atom. The molecule has 28 heavy (non-hydrogen) atoms. The molecule has 0 aromatic carbocycles. The first kappa shape index (κ1) is 27.8. The summed E-state index contributed by atoms with van der Waals surface area (Å²) < 4.78 is 12.0. The van der Waals surface area contributed by atoms with Crippen LogP contribution in [0.4, 0.5) is 0 Å². The molecule has 0 fully saturated rings. The second kappa shape index (κ2) is 14.7. The van der Waals surface area contributed by atoms with Gasteiger partial charge in [-0.15, -0.1) is 0 Å². The summed E-state index contributed by atoms with van der Waals surface area (Å²) in [6, 6.07) is 0. The highest BCUT2D eigenvalue weighted by Crippen LogP contribution is 2.52. The van der Waals surface area contributed by atoms with Crippen LogP contribution in [0, 0.1) is 0 Å². The average Bonchev–Trinajstić information content (AvgIpc) is 2.56. The van der Waals surface area contributed by atoms with Gasteiger partial charge in [0.2, 0.25) is 5.34 Å². The molecule has 0 saturated heterocycles. The van der Waals surface area contributed by atoms with Crippen LogP contribution in [-0.2, 0) is 4.57 Å². The lowest BCUT2D eigenvalue weighted by Crippen LogP contribution is -2.49. The summed E-state index contributed by atoms with van der Waals surface area (Å²) in [5.74, 6) is 0. The van der Waals surface area contributed by atoms with Crippen molar-refractivity contribution in [3.05, 3.63) is 12.2 Å². The zero-order chi connectivity index (χ0) is 21.5. The van der Waals surface area contributed by atoms with Crippen molar-refractivity contribution in [3.63, 3.8) is 0 Å². The van der Waals surface area contributed by atoms with Gasteiger partial charge < -0.3 is 19.4 Å². The highest BCUT2D eigenvalue weighted by atomic mass is 31.2. The molecular formula is C22H47NO4P+. The van der Waals surface area contributed by atoms with Gasteiger partial charge in [-0.25, -0.2) is 0 Å². The van der Waals surface area contributed by atoms with Crippen LogP contribution in [0.3, 0.4) is 0 Å². The average molecular weight is 421 g/mol. The number of allylic oxidation sites excluding steroid dienone is 2. The summed E-state index contributed by atoms with van der Waals surface area (Å²) in [6.45, 7) is 2.29. The van der Waals surface area contributed by atoms with E-state index in [0.717, 1.165) is 12.8 Å². The van der Waals surface area contributed by atoms with Gasteiger partial charge in [-0.1, -0.05) is 76.9 Å². The van der Waals surface area contributed by atoms with Gasteiger partial charge in [-0.05, 0) is 32.1 Å². The fourth-order valence-corrected chi connectivity index (χ4v) is 4.62. The smallest absolute Gasteiger partial charge is 0.362 e. The van der Waals surface area contributed by atoms with Gasteiger partial charge in [-0.3, -0.25) is 4.57 Å². The minimum absolute atomic E-state index is 0.0413. The van der Waals surface area contributed by atoms with Gasteiger partial charge >= 0.3 is 7.60 Å². The molecule has 0 amide bonds. The number of quaternary nitrogens is 1. The second-order valence-corrected chi connectivity index (χ2v) is 11.2. The minimum atomic E-state index is -4.56. The minimum Gasteiger partial charge on any atom is -0.373 e. The Balaban J connectivity index is 3.79. The summed E-state index contributed by atoms with van der Waals surface area (Å²) in [6.07, 6.45) is 20.2. The van der Waals surface area contributed by atoms with Crippen LogP contribution < -0.4 is 0 Å². The molecule has 0 aromatic rings. The van der Waals surface area contributed by atoms with E-state index in [4.69, 9.17) is 0 Å². The summed E-state index contributed by atoms with van der Waals surface area (Å²) >= 11 is 0. The summed E-state index contributed by atoms with van der Waals surface area (Å²) in [5.41, 5.74) is 0. The maximum Gasteiger partial charge on any atom is 0.362 e. The molecule has 0 heterocycles. The Bertz CT molecular complexity index is 456. The monoisotopic (exact) mass is 420 g/mol. The lowest BCUT2D eigenvalue weighted by atomic mass is 10.1. The topological polar surface area (TPSA) is 77.8 Å². The number of likely N-dealkylation sites (N-methyl/N-ethyl adjacent to an activating group) is 1. The third-order valence-electron chi connectivity index (χ3n) is 5.11. The maximum atomic E-state index is 11.7. The second-order valence-electron chi connectivity index (χ2n) is 9.31. The molecular weight excluding hydrogens is 373 g/mol. The van der Waals surface area contributed by atoms with E-state index in [1.807, 2.05) is 21.1 Å². The highest BCUT2D eigenvalue weighted by Gasteiger charge is 2.48. The molecule has 0 radical (unpaired) electrons. The van der Waals surface area contributed by atoms with Crippen LogP contribution in [0.2, 0.25) is 0 Å². The molecule has 0 aliphatic carbocycles. The molecule has 1 atom stereocenters. The van der Waals surface area contributed by atoms with E-state index in [2.05, 4.69) is 19.1 Å². The Kier molecular flexibility index (Phi) is 14.6. The lowest BCUT2D eigenvalue weighted by Gasteiger charge is -2.35. The molecule has 0 rings (SSSR count). The molecule has 0 aromatic heterocycles. The van der Waals surface area contributed by atoms with Crippen LogP contribution >= 0.6 is 7.60 Å². The van der Waals surface area contributed by atoms with Gasteiger partial charge in [0.1, 0.15) is 6.54 Å². The van der Waals surface area contributed by atoms with Gasteiger partial charge in [0.25, 0.3) is 0 Å². The van der Waals surface area contributed by atoms with E-state index in [1.165, 1.54) is 64.2 Å². The van der Waals surface area contributed by atoms with Crippen molar-refractivity contribution in [3.8, 4) is 0 Å². The van der Waals surface area contributed by atoms with E-state index >= 15 is 0 Å². The highest BCUT2D eigenvalue weighted by molar-refractivity contribution is 7.53. The van der Waals surface area contributed by atoms with E-state index < -0.39 is 12.9 Å². The van der Waals surface area contributed by atoms with Gasteiger partial charge in [-0.2, -0.15) is 0 Å². The van der Waals surface area contributed by atoms with Crippen molar-refractivity contribution in [2.24, 2.45) is 0 Å². The molecule has 0 aliphatic rings. The van der Waals surface area contributed by atoms with Crippen LogP contribution in [0.5, 0.6) is 0 Å². The van der Waals surface area contributed by atoms with Gasteiger partial charge in [0.15, 0.2) is 0 Å². The number of rotatable bonds is 18. The van der Waals surface area contributed by atoms with Crippen molar-refractivity contribution in [2.75, 3.05) is 27.7 Å². The molecule has 0 saturated carbocycles. The van der Waals surface area contributed by atoms with Crippen LogP contribution in [0.25, 0.3) is 0 Å². The fraction of sp³-hybridized carbons (Fsp3) is 0.909. The quantitative estimate of drug-likeness (QED) is 0.117. The van der Waals surface area contributed by atoms with Crippen LogP contribution in [0.1, 0.15) is 96.8 Å². The van der Waals surface area contributed by atoms with Gasteiger partial charge in [0, 0.05) is 0 Å². The molecule has 0 bridgehead atoms. The standard InChI is InChI=1S/C22H46NO4P/c1-5-6-7-8-9-10-11-12-13-14-15-16-17-18-19-20-22(24,28(25,26)27)21-23(2,3)4/h16-17,24H,5-15,18-21H2,1-4H3,(H-,25,26,27)/p+1/b17-16-. The number of aliphatic hydroxyl groups is 1. The number of unbranched alkanes of at least 4 members (excludes halogenated alkanes) is 11. The summed E-state index contributed by atoms with van der Waals surface area (Å²) in [4.78, 5) is 19.1. The number of nitrogens with zero attached hydrogens (tertiary/aromatic N) is 1. The van der Waals surface area contributed by atoms with Crippen molar-refractivity contribution in [2.45, 2.75) is 102 Å². The van der Waals surface area contributed by atoms with Crippen molar-refractivity contribution in [1.82, 2.24) is 0 Å². The van der Waals surface area contributed by atoms with Crippen LogP contribution in [-0.4, -0.2) is 52.4 Å². The Labute approximate surface area is 174 Å². The zero-order valence-electron chi connectivity index (χ0n) is 18.9. The third-order valence-corrected chi connectivity index (χ3v) is 6.56. The molecule has 3 N–H and O–H groups in total. The first-order valence-corrected chi connectivity index (χ1v) is 12.9. The molecule has 1 unspecified atom stereocenters. The molecule has 0 aliphatic heterocycles. The molecule has 5 nitrogen and oxygen atoms in total. The van der Waals surface area contributed by atoms with E-state index in [-0.39, 0.29) is 13.0 Å². The summed E-state index contributed by atoms with van der Waals surface area (Å²) in [5, 5.41) is 8.55. The van der Waals surface area contributed by atoms with E-state index in [0.29, 0.717) is 10.9 Å². The van der Waals surface area contributed by atoms with Gasteiger partial charge in [0.05, 0.1) is 21.1 Å². The normalized spacial score (nSPS) is 15.2. The van der Waals surface area contributed by atoms with E-state index in [9.17, 15) is 19.5 Å². The Hall–Kier alpha value is -0.190. The molecule has 0 spiro atoms. The predicted molar refractivity (Wildman–Crippen MR) is 119 cm³/mol. The maximum absolute atomic E-state index is 11.7. The van der Waals surface area contributed by atoms with Crippen molar-refractivity contribution >= 4 is 7.60 Å². The third kappa shape index (κ3) is 14.8. The zero-order valence-corrected chi connectivity index (χ0v) is 19.8. The Morgan fingerprint density at radius 2 is 1.21 bits per heavy atom. The molecule has 6 heteroatoms. The van der Waals surface area contributed by atoms with Crippen molar-refractivity contribution < 1.29 is 23.9 Å². The lowest BCUT2D eigenvalue weighted by molar-refractivity contribution is -0.875. The SMILES string of the molecule is CCCCCCCCCCCC/C=C\CCCC(O)(C[N+](C)(C)C)P(=O)(O)O. The van der Waals surface area contributed by atoms with Crippen LogP contribution in [0.15, 0.2) is 12.2 Å². The predicted octanol–water partition coefficient (Wildman–Crippen LogP) is 5.60. The first-order chi connectivity index (χ1) is 13.0. The van der Waals surface area contributed by atoms with Crippen molar-refractivity contribution in [1.29, 1.82) is 0 Å². The fourth-order valence-electron chi connectivity index (χ4n) is 3.56. The summed E-state index contributed by atoms with van der Waals surface area (Å²) in [7, 11) is 0.923. The molecule has 168 valence electrons. The number of hydrogen-bond acceptors (Lipinski definition) is 2. The largest absolute Gasteiger partial charge is 0.373 e.